The molecule has 5 nitrogen and oxygen atoms in total. The second kappa shape index (κ2) is 5.50. The van der Waals surface area contributed by atoms with Gasteiger partial charge in [0.2, 0.25) is 0 Å². The highest BCUT2D eigenvalue weighted by Crippen LogP contribution is 2.38. The van der Waals surface area contributed by atoms with Crippen molar-refractivity contribution in [3.05, 3.63) is 70.9 Å². The molecule has 2 aromatic carbocycles. The zero-order valence-corrected chi connectivity index (χ0v) is 13.4. The summed E-state index contributed by atoms with van der Waals surface area (Å²) in [6.07, 6.45) is 0. The van der Waals surface area contributed by atoms with E-state index in [1.165, 1.54) is 24.3 Å². The number of halogens is 1. The standard InChI is InChI=1S/C19H10ClNO4/c20-19(25)10-5-6-11-12(7-10)18(24)15(17(11)23)16-14(22)8-9-3-1-2-4-13(9)21-16/h1-8,15,22H. The van der Waals surface area contributed by atoms with Gasteiger partial charge in [0.25, 0.3) is 5.24 Å². The number of nitrogens with zero attached hydrogens (tertiary/aromatic N) is 1. The van der Waals surface area contributed by atoms with Crippen molar-refractivity contribution in [2.24, 2.45) is 0 Å². The van der Waals surface area contributed by atoms with Gasteiger partial charge in [0.1, 0.15) is 17.4 Å². The summed E-state index contributed by atoms with van der Waals surface area (Å²) in [4.78, 5) is 41.0. The van der Waals surface area contributed by atoms with Crippen molar-refractivity contribution in [1.82, 2.24) is 4.98 Å². The van der Waals surface area contributed by atoms with Gasteiger partial charge in [0.15, 0.2) is 11.6 Å². The molecule has 1 N–H and O–H groups in total. The van der Waals surface area contributed by atoms with Crippen molar-refractivity contribution in [3.8, 4) is 5.75 Å². The Labute approximate surface area is 146 Å². The first-order valence-corrected chi connectivity index (χ1v) is 7.86. The zero-order valence-electron chi connectivity index (χ0n) is 12.7. The topological polar surface area (TPSA) is 84.3 Å². The molecule has 0 saturated carbocycles. The van der Waals surface area contributed by atoms with Gasteiger partial charge in [-0.3, -0.25) is 14.4 Å². The first-order valence-electron chi connectivity index (χ1n) is 7.48. The predicted molar refractivity (Wildman–Crippen MR) is 91.4 cm³/mol. The quantitative estimate of drug-likeness (QED) is 0.564. The Hall–Kier alpha value is -3.05. The van der Waals surface area contributed by atoms with Crippen LogP contribution in [0.3, 0.4) is 0 Å². The van der Waals surface area contributed by atoms with Crippen LogP contribution in [0.1, 0.15) is 42.7 Å². The third-order valence-corrected chi connectivity index (χ3v) is 4.53. The van der Waals surface area contributed by atoms with Gasteiger partial charge in [-0.05, 0) is 41.9 Å². The summed E-state index contributed by atoms with van der Waals surface area (Å²) < 4.78 is 0. The molecule has 0 radical (unpaired) electrons. The average molecular weight is 352 g/mol. The Kier molecular flexibility index (Phi) is 3.40. The largest absolute Gasteiger partial charge is 0.506 e. The van der Waals surface area contributed by atoms with E-state index in [0.717, 1.165) is 0 Å². The molecular weight excluding hydrogens is 342 g/mol. The van der Waals surface area contributed by atoms with E-state index in [0.29, 0.717) is 10.9 Å². The maximum atomic E-state index is 12.7. The molecule has 1 heterocycles. The number of para-hydroxylation sites is 1. The molecule has 0 spiro atoms. The van der Waals surface area contributed by atoms with Gasteiger partial charge in [-0.2, -0.15) is 0 Å². The fourth-order valence-corrected chi connectivity index (χ4v) is 3.21. The molecule has 0 saturated heterocycles. The highest BCUT2D eigenvalue weighted by molar-refractivity contribution is 6.67. The van der Waals surface area contributed by atoms with Gasteiger partial charge in [-0.25, -0.2) is 4.98 Å². The van der Waals surface area contributed by atoms with Gasteiger partial charge in [0, 0.05) is 22.1 Å². The van der Waals surface area contributed by atoms with E-state index < -0.39 is 22.7 Å². The molecule has 0 aliphatic heterocycles. The van der Waals surface area contributed by atoms with Crippen molar-refractivity contribution in [3.63, 3.8) is 0 Å². The minimum atomic E-state index is -1.22. The predicted octanol–water partition coefficient (Wildman–Crippen LogP) is 3.48. The van der Waals surface area contributed by atoms with Crippen LogP contribution in [0.15, 0.2) is 48.5 Å². The van der Waals surface area contributed by atoms with Crippen LogP contribution >= 0.6 is 11.6 Å². The van der Waals surface area contributed by atoms with Crippen LogP contribution in [0, 0.1) is 0 Å². The Morgan fingerprint density at radius 1 is 1.00 bits per heavy atom. The molecule has 1 atom stereocenters. The van der Waals surface area contributed by atoms with E-state index in [1.807, 2.05) is 0 Å². The average Bonchev–Trinajstić information content (AvgIpc) is 2.85. The number of hydrogen-bond acceptors (Lipinski definition) is 5. The summed E-state index contributed by atoms with van der Waals surface area (Å²) in [5.74, 6) is -2.39. The molecule has 1 aromatic heterocycles. The third kappa shape index (κ3) is 2.32. The summed E-state index contributed by atoms with van der Waals surface area (Å²) in [5, 5.41) is 10.3. The maximum Gasteiger partial charge on any atom is 0.252 e. The summed E-state index contributed by atoms with van der Waals surface area (Å²) in [6, 6.07) is 12.7. The smallest absolute Gasteiger partial charge is 0.252 e. The molecule has 1 aliphatic carbocycles. The minimum Gasteiger partial charge on any atom is -0.506 e. The highest BCUT2D eigenvalue weighted by atomic mass is 35.5. The second-order valence-corrected chi connectivity index (χ2v) is 6.12. The fraction of sp³-hybridized carbons (Fsp3) is 0.0526. The van der Waals surface area contributed by atoms with E-state index in [-0.39, 0.29) is 28.1 Å². The van der Waals surface area contributed by atoms with Crippen LogP contribution in [0.5, 0.6) is 5.75 Å². The number of Topliss-reactive ketones (excluding diaryl/α,β-unsaturated/α-hetero) is 2. The molecule has 1 aliphatic rings. The van der Waals surface area contributed by atoms with Crippen molar-refractivity contribution < 1.29 is 19.5 Å². The van der Waals surface area contributed by atoms with Crippen molar-refractivity contribution >= 4 is 39.3 Å². The number of pyridine rings is 1. The molecule has 0 bridgehead atoms. The molecule has 25 heavy (non-hydrogen) atoms. The van der Waals surface area contributed by atoms with E-state index in [4.69, 9.17) is 11.6 Å². The van der Waals surface area contributed by atoms with E-state index >= 15 is 0 Å². The first-order chi connectivity index (χ1) is 12.0. The number of rotatable bonds is 2. The Morgan fingerprint density at radius 3 is 2.48 bits per heavy atom. The van der Waals surface area contributed by atoms with Crippen LogP contribution < -0.4 is 0 Å². The Bertz CT molecular complexity index is 1090. The van der Waals surface area contributed by atoms with Gasteiger partial charge < -0.3 is 5.11 Å². The summed E-state index contributed by atoms with van der Waals surface area (Å²) in [7, 11) is 0. The van der Waals surface area contributed by atoms with Gasteiger partial charge >= 0.3 is 0 Å². The second-order valence-electron chi connectivity index (χ2n) is 5.78. The molecule has 6 heteroatoms. The summed E-state index contributed by atoms with van der Waals surface area (Å²) >= 11 is 5.45. The first kappa shape index (κ1) is 15.5. The number of carbonyl (C=O) groups is 3. The van der Waals surface area contributed by atoms with Gasteiger partial charge in [-0.15, -0.1) is 0 Å². The lowest BCUT2D eigenvalue weighted by Gasteiger charge is -2.10. The lowest BCUT2D eigenvalue weighted by atomic mass is 9.97. The Morgan fingerprint density at radius 2 is 1.72 bits per heavy atom. The molecule has 0 amide bonds. The SMILES string of the molecule is O=C(Cl)c1ccc2c(c1)C(=O)C(c1nc3ccccc3cc1O)C2=O. The number of carbonyl (C=O) groups excluding carboxylic acids is 3. The fourth-order valence-electron chi connectivity index (χ4n) is 3.10. The number of hydrogen-bond donors (Lipinski definition) is 1. The Balaban J connectivity index is 1.87. The number of ketones is 2. The van der Waals surface area contributed by atoms with Gasteiger partial charge in [0.05, 0.1) is 5.52 Å². The molecule has 1 unspecified atom stereocenters. The van der Waals surface area contributed by atoms with Crippen LogP contribution in [-0.2, 0) is 0 Å². The normalized spacial score (nSPS) is 16.3. The molecule has 0 fully saturated rings. The lowest BCUT2D eigenvalue weighted by molar-refractivity contribution is 0.0885. The molecular formula is C19H10ClNO4. The van der Waals surface area contributed by atoms with Crippen LogP contribution in [0.4, 0.5) is 0 Å². The number of aromatic hydroxyl groups is 1. The van der Waals surface area contributed by atoms with Gasteiger partial charge in [-0.1, -0.05) is 18.2 Å². The number of fused-ring (bicyclic) bond motifs is 2. The van der Waals surface area contributed by atoms with E-state index in [2.05, 4.69) is 4.98 Å². The third-order valence-electron chi connectivity index (χ3n) is 4.31. The van der Waals surface area contributed by atoms with Crippen molar-refractivity contribution in [2.75, 3.05) is 0 Å². The van der Waals surface area contributed by atoms with Crippen LogP contribution in [0.2, 0.25) is 0 Å². The number of benzene rings is 2. The molecule has 122 valence electrons. The van der Waals surface area contributed by atoms with Crippen molar-refractivity contribution in [2.45, 2.75) is 5.92 Å². The van der Waals surface area contributed by atoms with Crippen LogP contribution in [-0.4, -0.2) is 26.9 Å². The molecule has 4 rings (SSSR count). The minimum absolute atomic E-state index is 0.0173. The van der Waals surface area contributed by atoms with E-state index in [9.17, 15) is 19.5 Å². The molecule has 3 aromatic rings. The van der Waals surface area contributed by atoms with E-state index in [1.54, 1.807) is 24.3 Å². The number of aromatic nitrogens is 1. The zero-order chi connectivity index (χ0) is 17.7. The summed E-state index contributed by atoms with van der Waals surface area (Å²) in [6.45, 7) is 0. The monoisotopic (exact) mass is 351 g/mol. The highest BCUT2D eigenvalue weighted by Gasteiger charge is 2.42. The van der Waals surface area contributed by atoms with Crippen molar-refractivity contribution in [1.29, 1.82) is 0 Å². The lowest BCUT2D eigenvalue weighted by Crippen LogP contribution is -2.14. The summed E-state index contributed by atoms with van der Waals surface area (Å²) in [5.41, 5.74) is 1.05. The van der Waals surface area contributed by atoms with Crippen LogP contribution in [0.25, 0.3) is 10.9 Å². The maximum absolute atomic E-state index is 12.7.